The summed E-state index contributed by atoms with van der Waals surface area (Å²) in [6.45, 7) is 0. The maximum absolute atomic E-state index is 5.55. The lowest BCUT2D eigenvalue weighted by atomic mass is 10.1. The number of rotatable bonds is 3. The van der Waals surface area contributed by atoms with Gasteiger partial charge in [-0.05, 0) is 11.6 Å². The van der Waals surface area contributed by atoms with Crippen LogP contribution >= 0.6 is 0 Å². The van der Waals surface area contributed by atoms with E-state index in [2.05, 4.69) is 34.6 Å². The van der Waals surface area contributed by atoms with Gasteiger partial charge in [-0.1, -0.05) is 54.6 Å². The summed E-state index contributed by atoms with van der Waals surface area (Å²) >= 11 is 0. The minimum absolute atomic E-state index is 0.538. The van der Waals surface area contributed by atoms with Crippen LogP contribution in [0.1, 0.15) is 11.1 Å². The zero-order valence-corrected chi connectivity index (χ0v) is 10.6. The molecular formula is C16H14N2O. The number of hydrogen-bond acceptors (Lipinski definition) is 3. The fraction of sp³-hybridized carbons (Fsp3) is 0.0625. The molecule has 0 aliphatic carbocycles. The second-order valence-electron chi connectivity index (χ2n) is 4.21. The molecule has 3 aromatic rings. The molecule has 19 heavy (non-hydrogen) atoms. The molecule has 1 N–H and O–H groups in total. The monoisotopic (exact) mass is 250 g/mol. The highest BCUT2D eigenvalue weighted by Crippen LogP contribution is 2.23. The van der Waals surface area contributed by atoms with Crippen LogP contribution in [0.25, 0.3) is 23.3 Å². The van der Waals surface area contributed by atoms with Gasteiger partial charge < -0.3 is 9.73 Å². The molecule has 0 saturated carbocycles. The fourth-order valence-corrected chi connectivity index (χ4v) is 1.96. The Morgan fingerprint density at radius 2 is 1.84 bits per heavy atom. The van der Waals surface area contributed by atoms with E-state index in [1.807, 2.05) is 36.4 Å². The van der Waals surface area contributed by atoms with E-state index in [-0.39, 0.29) is 0 Å². The van der Waals surface area contributed by atoms with Gasteiger partial charge in [-0.2, -0.15) is 4.98 Å². The first kappa shape index (κ1) is 11.5. The number of oxazole rings is 1. The lowest BCUT2D eigenvalue weighted by Crippen LogP contribution is -1.85. The first-order valence-corrected chi connectivity index (χ1v) is 6.17. The molecule has 0 aliphatic heterocycles. The molecule has 3 nitrogen and oxygen atoms in total. The number of nitrogens with zero attached hydrogens (tertiary/aromatic N) is 1. The number of para-hydroxylation sites is 1. The van der Waals surface area contributed by atoms with E-state index >= 15 is 0 Å². The third-order valence-corrected chi connectivity index (χ3v) is 2.92. The average molecular weight is 250 g/mol. The SMILES string of the molecule is CNc1nc2c(C=Cc3ccccc3)cccc2o1. The number of anilines is 1. The van der Waals surface area contributed by atoms with Gasteiger partial charge in [0, 0.05) is 12.6 Å². The highest BCUT2D eigenvalue weighted by molar-refractivity contribution is 5.87. The van der Waals surface area contributed by atoms with Gasteiger partial charge >= 0.3 is 0 Å². The summed E-state index contributed by atoms with van der Waals surface area (Å²) in [5.74, 6) is 0. The Morgan fingerprint density at radius 3 is 2.63 bits per heavy atom. The third kappa shape index (κ3) is 2.36. The van der Waals surface area contributed by atoms with E-state index in [0.717, 1.165) is 22.2 Å². The number of benzene rings is 2. The van der Waals surface area contributed by atoms with E-state index in [1.165, 1.54) is 0 Å². The predicted molar refractivity (Wildman–Crippen MR) is 78.9 cm³/mol. The molecule has 3 rings (SSSR count). The minimum Gasteiger partial charge on any atom is -0.424 e. The largest absolute Gasteiger partial charge is 0.424 e. The van der Waals surface area contributed by atoms with Crippen LogP contribution in [0.2, 0.25) is 0 Å². The van der Waals surface area contributed by atoms with E-state index in [1.54, 1.807) is 7.05 Å². The van der Waals surface area contributed by atoms with Crippen LogP contribution in [0.15, 0.2) is 52.9 Å². The summed E-state index contributed by atoms with van der Waals surface area (Å²) in [6, 6.07) is 16.6. The summed E-state index contributed by atoms with van der Waals surface area (Å²) in [5.41, 5.74) is 3.88. The molecule has 0 fully saturated rings. The zero-order valence-electron chi connectivity index (χ0n) is 10.6. The van der Waals surface area contributed by atoms with Crippen LogP contribution in [0.5, 0.6) is 0 Å². The van der Waals surface area contributed by atoms with Crippen LogP contribution in [-0.4, -0.2) is 12.0 Å². The number of fused-ring (bicyclic) bond motifs is 1. The molecule has 94 valence electrons. The van der Waals surface area contributed by atoms with Crippen molar-refractivity contribution in [3.8, 4) is 0 Å². The molecule has 2 aromatic carbocycles. The lowest BCUT2D eigenvalue weighted by Gasteiger charge is -1.94. The summed E-state index contributed by atoms with van der Waals surface area (Å²) in [6.07, 6.45) is 4.13. The van der Waals surface area contributed by atoms with Gasteiger partial charge in [0.25, 0.3) is 6.01 Å². The van der Waals surface area contributed by atoms with Gasteiger partial charge in [0.05, 0.1) is 0 Å². The molecule has 1 heterocycles. The normalized spacial score (nSPS) is 11.2. The van der Waals surface area contributed by atoms with Crippen molar-refractivity contribution in [2.24, 2.45) is 0 Å². The Kier molecular flexibility index (Phi) is 3.02. The van der Waals surface area contributed by atoms with E-state index in [0.29, 0.717) is 6.01 Å². The fourth-order valence-electron chi connectivity index (χ4n) is 1.96. The second kappa shape index (κ2) is 4.98. The van der Waals surface area contributed by atoms with Crippen molar-refractivity contribution in [3.63, 3.8) is 0 Å². The molecule has 3 heteroatoms. The Bertz CT molecular complexity index is 714. The molecular weight excluding hydrogens is 236 g/mol. The topological polar surface area (TPSA) is 38.1 Å². The van der Waals surface area contributed by atoms with Crippen molar-refractivity contribution >= 4 is 29.3 Å². The van der Waals surface area contributed by atoms with Crippen molar-refractivity contribution in [3.05, 3.63) is 59.7 Å². The summed E-state index contributed by atoms with van der Waals surface area (Å²) in [5, 5.41) is 2.92. The Morgan fingerprint density at radius 1 is 1.00 bits per heavy atom. The standard InChI is InChI=1S/C16H14N2O/c1-17-16-18-15-13(8-5-9-14(15)19-16)11-10-12-6-3-2-4-7-12/h2-11H,1H3,(H,17,18). The van der Waals surface area contributed by atoms with Gasteiger partial charge in [-0.25, -0.2) is 0 Å². The van der Waals surface area contributed by atoms with Crippen molar-refractivity contribution in [1.82, 2.24) is 4.98 Å². The van der Waals surface area contributed by atoms with Crippen molar-refractivity contribution in [2.45, 2.75) is 0 Å². The molecule has 0 atom stereocenters. The van der Waals surface area contributed by atoms with Gasteiger partial charge in [0.15, 0.2) is 5.58 Å². The number of aromatic nitrogens is 1. The second-order valence-corrected chi connectivity index (χ2v) is 4.21. The smallest absolute Gasteiger partial charge is 0.295 e. The predicted octanol–water partition coefficient (Wildman–Crippen LogP) is 4.04. The minimum atomic E-state index is 0.538. The Labute approximate surface area is 111 Å². The van der Waals surface area contributed by atoms with E-state index < -0.39 is 0 Å². The average Bonchev–Trinajstić information content (AvgIpc) is 2.90. The zero-order chi connectivity index (χ0) is 13.1. The van der Waals surface area contributed by atoms with Crippen LogP contribution in [0.3, 0.4) is 0 Å². The Hall–Kier alpha value is -2.55. The molecule has 0 spiro atoms. The quantitative estimate of drug-likeness (QED) is 0.713. The molecule has 0 unspecified atom stereocenters. The summed E-state index contributed by atoms with van der Waals surface area (Å²) < 4.78 is 5.55. The third-order valence-electron chi connectivity index (χ3n) is 2.92. The van der Waals surface area contributed by atoms with Crippen LogP contribution in [0.4, 0.5) is 6.01 Å². The van der Waals surface area contributed by atoms with Gasteiger partial charge in [0.1, 0.15) is 5.52 Å². The number of hydrogen-bond donors (Lipinski definition) is 1. The van der Waals surface area contributed by atoms with E-state index in [9.17, 15) is 0 Å². The molecule has 0 amide bonds. The van der Waals surface area contributed by atoms with Gasteiger partial charge in [-0.15, -0.1) is 0 Å². The highest BCUT2D eigenvalue weighted by atomic mass is 16.4. The van der Waals surface area contributed by atoms with Crippen LogP contribution < -0.4 is 5.32 Å². The molecule has 0 radical (unpaired) electrons. The van der Waals surface area contributed by atoms with Gasteiger partial charge in [-0.3, -0.25) is 0 Å². The summed E-state index contributed by atoms with van der Waals surface area (Å²) in [7, 11) is 1.80. The highest BCUT2D eigenvalue weighted by Gasteiger charge is 2.06. The van der Waals surface area contributed by atoms with Crippen LogP contribution in [0, 0.1) is 0 Å². The van der Waals surface area contributed by atoms with Crippen molar-refractivity contribution in [1.29, 1.82) is 0 Å². The molecule has 1 aromatic heterocycles. The number of nitrogens with one attached hydrogen (secondary N) is 1. The van der Waals surface area contributed by atoms with Crippen molar-refractivity contribution in [2.75, 3.05) is 12.4 Å². The molecule has 0 aliphatic rings. The maximum Gasteiger partial charge on any atom is 0.295 e. The van der Waals surface area contributed by atoms with E-state index in [4.69, 9.17) is 4.42 Å². The summed E-state index contributed by atoms with van der Waals surface area (Å²) in [4.78, 5) is 4.41. The van der Waals surface area contributed by atoms with Crippen molar-refractivity contribution < 1.29 is 4.42 Å². The van der Waals surface area contributed by atoms with Crippen LogP contribution in [-0.2, 0) is 0 Å². The first-order chi connectivity index (χ1) is 9.36. The molecule has 0 bridgehead atoms. The molecule has 0 saturated heterocycles. The lowest BCUT2D eigenvalue weighted by molar-refractivity contribution is 0.620. The first-order valence-electron chi connectivity index (χ1n) is 6.17. The maximum atomic E-state index is 5.55. The van der Waals surface area contributed by atoms with Gasteiger partial charge in [0.2, 0.25) is 0 Å². The Balaban J connectivity index is 2.01.